The van der Waals surface area contributed by atoms with Crippen LogP contribution in [0.5, 0.6) is 0 Å². The largest absolute Gasteiger partial charge is 0.389 e. The Balaban J connectivity index is 2.62. The van der Waals surface area contributed by atoms with Crippen LogP contribution in [0.15, 0.2) is 24.3 Å². The molecule has 0 amide bonds. The third kappa shape index (κ3) is 5.62. The summed E-state index contributed by atoms with van der Waals surface area (Å²) in [6, 6.07) is 8.71. The van der Waals surface area contributed by atoms with Gasteiger partial charge in [-0.05, 0) is 52.4 Å². The zero-order valence-corrected chi connectivity index (χ0v) is 13.0. The predicted octanol–water partition coefficient (Wildman–Crippen LogP) is 2.74. The molecule has 19 heavy (non-hydrogen) atoms. The molecule has 3 nitrogen and oxygen atoms in total. The Hall–Kier alpha value is -1.06. The van der Waals surface area contributed by atoms with Crippen molar-refractivity contribution in [3.8, 4) is 0 Å². The molecule has 0 aliphatic heterocycles. The molecule has 1 N–H and O–H groups in total. The van der Waals surface area contributed by atoms with Crippen LogP contribution in [0, 0.1) is 0 Å². The van der Waals surface area contributed by atoms with Gasteiger partial charge in [-0.25, -0.2) is 0 Å². The van der Waals surface area contributed by atoms with E-state index in [0.717, 1.165) is 19.6 Å². The zero-order chi connectivity index (χ0) is 14.5. The van der Waals surface area contributed by atoms with Crippen molar-refractivity contribution in [2.24, 2.45) is 0 Å². The van der Waals surface area contributed by atoms with Gasteiger partial charge in [0.2, 0.25) is 0 Å². The van der Waals surface area contributed by atoms with Crippen LogP contribution >= 0.6 is 0 Å². The molecule has 108 valence electrons. The van der Waals surface area contributed by atoms with Crippen LogP contribution in [0.3, 0.4) is 0 Å². The highest BCUT2D eigenvalue weighted by atomic mass is 16.3. The van der Waals surface area contributed by atoms with E-state index in [9.17, 15) is 5.11 Å². The number of nitrogens with zero attached hydrogens (tertiary/aromatic N) is 2. The van der Waals surface area contributed by atoms with Gasteiger partial charge in [0.1, 0.15) is 0 Å². The van der Waals surface area contributed by atoms with E-state index in [1.54, 1.807) is 0 Å². The second-order valence-corrected chi connectivity index (χ2v) is 5.82. The lowest BCUT2D eigenvalue weighted by molar-refractivity contribution is 0.0425. The Labute approximate surface area is 117 Å². The van der Waals surface area contributed by atoms with Crippen molar-refractivity contribution in [1.82, 2.24) is 4.90 Å². The zero-order valence-electron chi connectivity index (χ0n) is 13.0. The van der Waals surface area contributed by atoms with Crippen molar-refractivity contribution in [3.63, 3.8) is 0 Å². The van der Waals surface area contributed by atoms with E-state index in [1.165, 1.54) is 11.3 Å². The average molecular weight is 264 g/mol. The highest BCUT2D eigenvalue weighted by Gasteiger charge is 2.15. The fraction of sp³-hybridized carbons (Fsp3) is 0.625. The molecule has 0 aliphatic rings. The Kier molecular flexibility index (Phi) is 5.83. The molecule has 0 spiro atoms. The average Bonchev–Trinajstić information content (AvgIpc) is 2.30. The van der Waals surface area contributed by atoms with Crippen LogP contribution in [0.2, 0.25) is 0 Å². The van der Waals surface area contributed by atoms with Gasteiger partial charge in [-0.3, -0.25) is 4.90 Å². The predicted molar refractivity (Wildman–Crippen MR) is 82.6 cm³/mol. The summed E-state index contributed by atoms with van der Waals surface area (Å²) in [5, 5.41) is 9.80. The monoisotopic (exact) mass is 264 g/mol. The second kappa shape index (κ2) is 6.92. The fourth-order valence-electron chi connectivity index (χ4n) is 2.43. The molecule has 0 fully saturated rings. The van der Waals surface area contributed by atoms with Crippen LogP contribution in [-0.4, -0.2) is 42.3 Å². The molecule has 1 aromatic carbocycles. The highest BCUT2D eigenvalue weighted by molar-refractivity contribution is 5.47. The Bertz CT molecular complexity index is 363. The van der Waals surface area contributed by atoms with Gasteiger partial charge in [-0.15, -0.1) is 0 Å². The Morgan fingerprint density at radius 3 is 2.00 bits per heavy atom. The second-order valence-electron chi connectivity index (χ2n) is 5.82. The molecule has 0 saturated heterocycles. The molecule has 0 atom stereocenters. The third-order valence-corrected chi connectivity index (χ3v) is 3.17. The van der Waals surface area contributed by atoms with Gasteiger partial charge in [0.05, 0.1) is 5.60 Å². The standard InChI is InChI=1S/C16H28N2O/c1-6-18(7-2)15-10-8-14(9-11-15)12-17(5)13-16(3,4)19/h8-11,19H,6-7,12-13H2,1-5H3. The van der Waals surface area contributed by atoms with Crippen LogP contribution in [0.1, 0.15) is 33.3 Å². The molecule has 3 heteroatoms. The topological polar surface area (TPSA) is 26.7 Å². The molecule has 0 saturated carbocycles. The van der Waals surface area contributed by atoms with Gasteiger partial charge in [-0.2, -0.15) is 0 Å². The van der Waals surface area contributed by atoms with E-state index in [1.807, 2.05) is 20.9 Å². The van der Waals surface area contributed by atoms with E-state index < -0.39 is 5.60 Å². The van der Waals surface area contributed by atoms with Crippen molar-refractivity contribution < 1.29 is 5.11 Å². The summed E-state index contributed by atoms with van der Waals surface area (Å²) in [5.74, 6) is 0. The molecular weight excluding hydrogens is 236 g/mol. The van der Waals surface area contributed by atoms with Gasteiger partial charge in [0, 0.05) is 31.9 Å². The number of benzene rings is 1. The Morgan fingerprint density at radius 1 is 1.05 bits per heavy atom. The van der Waals surface area contributed by atoms with Gasteiger partial charge in [0.15, 0.2) is 0 Å². The van der Waals surface area contributed by atoms with Crippen molar-refractivity contribution in [2.75, 3.05) is 31.6 Å². The van der Waals surface area contributed by atoms with Gasteiger partial charge in [0.25, 0.3) is 0 Å². The van der Waals surface area contributed by atoms with Crippen LogP contribution in [0.25, 0.3) is 0 Å². The summed E-state index contributed by atoms with van der Waals surface area (Å²) in [6.45, 7) is 11.6. The fourth-order valence-corrected chi connectivity index (χ4v) is 2.43. The molecule has 0 bridgehead atoms. The summed E-state index contributed by atoms with van der Waals surface area (Å²) >= 11 is 0. The molecule has 0 unspecified atom stereocenters. The summed E-state index contributed by atoms with van der Waals surface area (Å²) in [5.41, 5.74) is 1.91. The number of hydrogen-bond donors (Lipinski definition) is 1. The van der Waals surface area contributed by atoms with Crippen molar-refractivity contribution >= 4 is 5.69 Å². The maximum absolute atomic E-state index is 9.80. The first kappa shape index (κ1) is 16.0. The molecule has 0 radical (unpaired) electrons. The minimum atomic E-state index is -0.643. The van der Waals surface area contributed by atoms with Gasteiger partial charge >= 0.3 is 0 Å². The first-order valence-electron chi connectivity index (χ1n) is 7.10. The Morgan fingerprint density at radius 2 is 1.58 bits per heavy atom. The minimum Gasteiger partial charge on any atom is -0.389 e. The molecule has 1 rings (SSSR count). The van der Waals surface area contributed by atoms with E-state index in [2.05, 4.69) is 47.9 Å². The number of hydrogen-bond acceptors (Lipinski definition) is 3. The van der Waals surface area contributed by atoms with Crippen molar-refractivity contribution in [2.45, 2.75) is 39.8 Å². The smallest absolute Gasteiger partial charge is 0.0718 e. The van der Waals surface area contributed by atoms with E-state index in [4.69, 9.17) is 0 Å². The van der Waals surface area contributed by atoms with Gasteiger partial charge < -0.3 is 10.0 Å². The number of rotatable bonds is 7. The van der Waals surface area contributed by atoms with Crippen LogP contribution in [-0.2, 0) is 6.54 Å². The summed E-state index contributed by atoms with van der Waals surface area (Å²) < 4.78 is 0. The number of anilines is 1. The molecule has 0 aromatic heterocycles. The summed E-state index contributed by atoms with van der Waals surface area (Å²) in [4.78, 5) is 4.48. The normalized spacial score (nSPS) is 11.9. The van der Waals surface area contributed by atoms with Crippen LogP contribution in [0.4, 0.5) is 5.69 Å². The molecule has 1 aromatic rings. The van der Waals surface area contributed by atoms with Gasteiger partial charge in [-0.1, -0.05) is 12.1 Å². The first-order valence-corrected chi connectivity index (χ1v) is 7.10. The lowest BCUT2D eigenvalue weighted by atomic mass is 10.1. The van der Waals surface area contributed by atoms with E-state index in [0.29, 0.717) is 6.54 Å². The van der Waals surface area contributed by atoms with Crippen molar-refractivity contribution in [3.05, 3.63) is 29.8 Å². The van der Waals surface area contributed by atoms with E-state index >= 15 is 0 Å². The first-order chi connectivity index (χ1) is 8.85. The molecule has 0 aliphatic carbocycles. The molecular formula is C16H28N2O. The SMILES string of the molecule is CCN(CC)c1ccc(CN(C)CC(C)(C)O)cc1. The number of likely N-dealkylation sites (N-methyl/N-ethyl adjacent to an activating group) is 1. The summed E-state index contributed by atoms with van der Waals surface area (Å²) in [6.07, 6.45) is 0. The number of aliphatic hydroxyl groups is 1. The van der Waals surface area contributed by atoms with Crippen LogP contribution < -0.4 is 4.90 Å². The minimum absolute atomic E-state index is 0.643. The maximum atomic E-state index is 9.80. The molecule has 0 heterocycles. The highest BCUT2D eigenvalue weighted by Crippen LogP contribution is 2.16. The lowest BCUT2D eigenvalue weighted by Gasteiger charge is -2.26. The van der Waals surface area contributed by atoms with E-state index in [-0.39, 0.29) is 0 Å². The lowest BCUT2D eigenvalue weighted by Crippen LogP contribution is -2.35. The third-order valence-electron chi connectivity index (χ3n) is 3.17. The maximum Gasteiger partial charge on any atom is 0.0718 e. The van der Waals surface area contributed by atoms with Crippen molar-refractivity contribution in [1.29, 1.82) is 0 Å². The quantitative estimate of drug-likeness (QED) is 0.820. The summed E-state index contributed by atoms with van der Waals surface area (Å²) in [7, 11) is 2.04.